The maximum atomic E-state index is 11.8. The minimum atomic E-state index is -0.523. The van der Waals surface area contributed by atoms with Crippen LogP contribution < -0.4 is 5.32 Å². The lowest BCUT2D eigenvalue weighted by molar-refractivity contribution is -0.385. The molecule has 1 amide bonds. The number of rotatable bonds is 4. The molecule has 0 fully saturated rings. The zero-order valence-electron chi connectivity index (χ0n) is 10.1. The fourth-order valence-corrected chi connectivity index (χ4v) is 1.44. The number of nitrogens with zero attached hydrogens (tertiary/aromatic N) is 2. The van der Waals surface area contributed by atoms with E-state index >= 15 is 0 Å². The average Bonchev–Trinajstić information content (AvgIpc) is 2.29. The third-order valence-corrected chi connectivity index (χ3v) is 2.44. The van der Waals surface area contributed by atoms with E-state index in [0.29, 0.717) is 5.56 Å². The van der Waals surface area contributed by atoms with Crippen LogP contribution in [0, 0.1) is 28.4 Å². The highest BCUT2D eigenvalue weighted by Gasteiger charge is 2.16. The third-order valence-electron chi connectivity index (χ3n) is 2.44. The molecule has 0 aliphatic heterocycles. The van der Waals surface area contributed by atoms with Crippen LogP contribution in [0.2, 0.25) is 0 Å². The Hall–Kier alpha value is -2.42. The molecule has 0 saturated heterocycles. The highest BCUT2D eigenvalue weighted by atomic mass is 16.6. The van der Waals surface area contributed by atoms with Gasteiger partial charge in [-0.05, 0) is 19.9 Å². The summed E-state index contributed by atoms with van der Waals surface area (Å²) in [6.45, 7) is 3.31. The summed E-state index contributed by atoms with van der Waals surface area (Å²) in [6, 6.07) is 5.95. The minimum absolute atomic E-state index is 0.0874. The number of hydrogen-bond acceptors (Lipinski definition) is 4. The Bertz CT molecular complexity index is 520. The average molecular weight is 247 g/mol. The van der Waals surface area contributed by atoms with Crippen LogP contribution in [0.15, 0.2) is 18.2 Å². The normalized spacial score (nSPS) is 11.4. The van der Waals surface area contributed by atoms with E-state index in [1.807, 2.05) is 6.07 Å². The van der Waals surface area contributed by atoms with Gasteiger partial charge < -0.3 is 5.32 Å². The number of nitro groups is 1. The first kappa shape index (κ1) is 13.6. The first-order chi connectivity index (χ1) is 8.45. The van der Waals surface area contributed by atoms with Gasteiger partial charge in [-0.15, -0.1) is 0 Å². The summed E-state index contributed by atoms with van der Waals surface area (Å²) in [7, 11) is 0. The predicted molar refractivity (Wildman–Crippen MR) is 65.0 cm³/mol. The van der Waals surface area contributed by atoms with Gasteiger partial charge in [0.05, 0.1) is 17.4 Å². The molecule has 0 radical (unpaired) electrons. The largest absolute Gasteiger partial charge is 0.349 e. The van der Waals surface area contributed by atoms with E-state index in [2.05, 4.69) is 5.32 Å². The number of amides is 1. The first-order valence-corrected chi connectivity index (χ1v) is 5.38. The number of hydrogen-bond donors (Lipinski definition) is 1. The summed E-state index contributed by atoms with van der Waals surface area (Å²) in [4.78, 5) is 22.0. The molecule has 1 unspecified atom stereocenters. The van der Waals surface area contributed by atoms with Crippen molar-refractivity contribution < 1.29 is 9.72 Å². The molecule has 0 saturated carbocycles. The van der Waals surface area contributed by atoms with Crippen LogP contribution in [-0.2, 0) is 0 Å². The maximum Gasteiger partial charge on any atom is 0.273 e. The maximum absolute atomic E-state index is 11.8. The third kappa shape index (κ3) is 3.28. The van der Waals surface area contributed by atoms with E-state index in [1.165, 1.54) is 18.2 Å². The fourth-order valence-electron chi connectivity index (χ4n) is 1.44. The molecular formula is C12H13N3O3. The van der Waals surface area contributed by atoms with E-state index in [4.69, 9.17) is 5.26 Å². The van der Waals surface area contributed by atoms with Crippen LogP contribution in [0.25, 0.3) is 0 Å². The van der Waals surface area contributed by atoms with E-state index < -0.39 is 10.8 Å². The van der Waals surface area contributed by atoms with Crippen LogP contribution in [0.1, 0.15) is 29.3 Å². The quantitative estimate of drug-likeness (QED) is 0.649. The monoisotopic (exact) mass is 247 g/mol. The zero-order chi connectivity index (χ0) is 13.7. The van der Waals surface area contributed by atoms with Gasteiger partial charge in [0.1, 0.15) is 0 Å². The number of aryl methyl sites for hydroxylation is 1. The molecule has 0 aliphatic carbocycles. The van der Waals surface area contributed by atoms with Crippen LogP contribution in [0.4, 0.5) is 5.69 Å². The van der Waals surface area contributed by atoms with E-state index in [-0.39, 0.29) is 23.7 Å². The fraction of sp³-hybridized carbons (Fsp3) is 0.333. The summed E-state index contributed by atoms with van der Waals surface area (Å²) in [5.41, 5.74) is 0.634. The Morgan fingerprint density at radius 2 is 2.28 bits per heavy atom. The lowest BCUT2D eigenvalue weighted by atomic mass is 10.1. The Morgan fingerprint density at radius 3 is 2.83 bits per heavy atom. The summed E-state index contributed by atoms with van der Waals surface area (Å²) >= 11 is 0. The van der Waals surface area contributed by atoms with Crippen LogP contribution in [0.5, 0.6) is 0 Å². The molecule has 6 nitrogen and oxygen atoms in total. The number of benzene rings is 1. The summed E-state index contributed by atoms with van der Waals surface area (Å²) in [5.74, 6) is -0.416. The molecular weight excluding hydrogens is 234 g/mol. The molecule has 1 rings (SSSR count). The number of carbonyl (C=O) groups is 1. The van der Waals surface area contributed by atoms with Gasteiger partial charge in [0.2, 0.25) is 0 Å². The molecule has 0 aromatic heterocycles. The highest BCUT2D eigenvalue weighted by molar-refractivity contribution is 5.95. The van der Waals surface area contributed by atoms with Crippen molar-refractivity contribution in [3.05, 3.63) is 39.4 Å². The molecule has 18 heavy (non-hydrogen) atoms. The Labute approximate surface area is 104 Å². The van der Waals surface area contributed by atoms with Crippen molar-refractivity contribution in [3.63, 3.8) is 0 Å². The first-order valence-electron chi connectivity index (χ1n) is 5.38. The lowest BCUT2D eigenvalue weighted by Gasteiger charge is -2.10. The van der Waals surface area contributed by atoms with Gasteiger partial charge in [-0.2, -0.15) is 5.26 Å². The molecule has 0 spiro atoms. The number of nitrogens with one attached hydrogen (secondary N) is 1. The van der Waals surface area contributed by atoms with Crippen molar-refractivity contribution in [1.29, 1.82) is 5.26 Å². The predicted octanol–water partition coefficient (Wildman–Crippen LogP) is 1.94. The van der Waals surface area contributed by atoms with Crippen LogP contribution >= 0.6 is 0 Å². The van der Waals surface area contributed by atoms with Gasteiger partial charge in [0, 0.05) is 23.2 Å². The molecule has 1 N–H and O–H groups in total. The Morgan fingerprint density at radius 1 is 1.61 bits per heavy atom. The highest BCUT2D eigenvalue weighted by Crippen LogP contribution is 2.19. The SMILES string of the molecule is Cc1ccc(C(=O)NC(C)CC#N)cc1[N+](=O)[O-]. The Balaban J connectivity index is 2.91. The summed E-state index contributed by atoms with van der Waals surface area (Å²) in [6.07, 6.45) is 0.194. The van der Waals surface area contributed by atoms with Crippen molar-refractivity contribution in [1.82, 2.24) is 5.32 Å². The molecule has 0 aliphatic rings. The van der Waals surface area contributed by atoms with Crippen molar-refractivity contribution in [2.75, 3.05) is 0 Å². The number of nitro benzene ring substituents is 1. The van der Waals surface area contributed by atoms with Crippen LogP contribution in [0.3, 0.4) is 0 Å². The van der Waals surface area contributed by atoms with E-state index in [0.717, 1.165) is 0 Å². The molecule has 6 heteroatoms. The topological polar surface area (TPSA) is 96.0 Å². The standard InChI is InChI=1S/C12H13N3O3/c1-8-3-4-10(7-11(8)15(17)18)12(16)14-9(2)5-6-13/h3-4,7,9H,5H2,1-2H3,(H,14,16). The van der Waals surface area contributed by atoms with E-state index in [1.54, 1.807) is 13.8 Å². The minimum Gasteiger partial charge on any atom is -0.349 e. The molecule has 94 valence electrons. The Kier molecular flexibility index (Phi) is 4.38. The molecule has 0 bridgehead atoms. The van der Waals surface area contributed by atoms with Crippen molar-refractivity contribution >= 4 is 11.6 Å². The van der Waals surface area contributed by atoms with Crippen molar-refractivity contribution in [2.24, 2.45) is 0 Å². The molecule has 1 aromatic carbocycles. The van der Waals surface area contributed by atoms with Gasteiger partial charge in [-0.25, -0.2) is 0 Å². The van der Waals surface area contributed by atoms with Gasteiger partial charge in [0.25, 0.3) is 11.6 Å². The summed E-state index contributed by atoms with van der Waals surface area (Å²) in [5, 5.41) is 21.8. The van der Waals surface area contributed by atoms with Gasteiger partial charge in [0.15, 0.2) is 0 Å². The van der Waals surface area contributed by atoms with E-state index in [9.17, 15) is 14.9 Å². The van der Waals surface area contributed by atoms with Gasteiger partial charge in [-0.3, -0.25) is 14.9 Å². The smallest absolute Gasteiger partial charge is 0.273 e. The number of carbonyl (C=O) groups excluding carboxylic acids is 1. The zero-order valence-corrected chi connectivity index (χ0v) is 10.1. The second kappa shape index (κ2) is 5.77. The lowest BCUT2D eigenvalue weighted by Crippen LogP contribution is -2.32. The van der Waals surface area contributed by atoms with Crippen molar-refractivity contribution in [2.45, 2.75) is 26.3 Å². The van der Waals surface area contributed by atoms with Gasteiger partial charge >= 0.3 is 0 Å². The number of nitriles is 1. The second-order valence-electron chi connectivity index (χ2n) is 4.00. The van der Waals surface area contributed by atoms with Crippen LogP contribution in [-0.4, -0.2) is 16.9 Å². The van der Waals surface area contributed by atoms with Crippen molar-refractivity contribution in [3.8, 4) is 6.07 Å². The second-order valence-corrected chi connectivity index (χ2v) is 4.00. The molecule has 1 aromatic rings. The summed E-state index contributed by atoms with van der Waals surface area (Å²) < 4.78 is 0. The molecule has 0 heterocycles. The molecule has 1 atom stereocenters. The van der Waals surface area contributed by atoms with Gasteiger partial charge in [-0.1, -0.05) is 6.07 Å².